The Balaban J connectivity index is 2.11. The Labute approximate surface area is 101 Å². The highest BCUT2D eigenvalue weighted by atomic mass is 19.1. The zero-order valence-corrected chi connectivity index (χ0v) is 9.05. The number of anilines is 1. The number of aromatic nitrogens is 2. The molecule has 1 aromatic heterocycles. The predicted molar refractivity (Wildman–Crippen MR) is 60.4 cm³/mol. The lowest BCUT2D eigenvalue weighted by molar-refractivity contribution is 0.102. The van der Waals surface area contributed by atoms with Crippen LogP contribution >= 0.6 is 0 Å². The Hall–Kier alpha value is -2.70. The molecule has 18 heavy (non-hydrogen) atoms. The number of amides is 2. The monoisotopic (exact) mass is 247 g/mol. The number of hydrogen-bond acceptors (Lipinski definition) is 3. The molecule has 0 fully saturated rings. The number of carbonyl (C=O) groups excluding carboxylic acids is 2. The molecule has 0 bridgehead atoms. The lowest BCUT2D eigenvalue weighted by Gasteiger charge is -2.02. The molecule has 2 amide bonds. The molecule has 3 N–H and O–H groups in total. The number of benzene rings is 1. The fourth-order valence-corrected chi connectivity index (χ4v) is 1.24. The van der Waals surface area contributed by atoms with Gasteiger partial charge in [-0.1, -0.05) is 0 Å². The summed E-state index contributed by atoms with van der Waals surface area (Å²) < 4.78 is 13.4. The van der Waals surface area contributed by atoms with Crippen LogP contribution in [0.5, 0.6) is 0 Å². The summed E-state index contributed by atoms with van der Waals surface area (Å²) in [4.78, 5) is 22.4. The number of nitrogens with zero attached hydrogens (tertiary/aromatic N) is 2. The second kappa shape index (κ2) is 4.66. The molecule has 0 aliphatic carbocycles. The molecule has 0 aliphatic rings. The first-order valence-corrected chi connectivity index (χ1v) is 4.90. The standard InChI is InChI=1S/C11H8FN4O2/c12-7-1-3-8(4-2-7)14-10(17)9-5-6-16(15-9)11(13)18/h1-4,6H,(H2,13,18)(H,14,17). The van der Waals surface area contributed by atoms with E-state index in [1.807, 2.05) is 0 Å². The summed E-state index contributed by atoms with van der Waals surface area (Å²) in [6.45, 7) is 0. The Bertz CT molecular complexity index is 591. The number of rotatable bonds is 2. The number of carbonyl (C=O) groups is 2. The van der Waals surface area contributed by atoms with E-state index in [1.165, 1.54) is 24.3 Å². The molecule has 91 valence electrons. The quantitative estimate of drug-likeness (QED) is 0.829. The zero-order chi connectivity index (χ0) is 13.1. The first kappa shape index (κ1) is 11.8. The van der Waals surface area contributed by atoms with Crippen molar-refractivity contribution in [2.75, 3.05) is 5.32 Å². The maximum atomic E-state index is 12.7. The molecule has 1 heterocycles. The predicted octanol–water partition coefficient (Wildman–Crippen LogP) is 1.00. The smallest absolute Gasteiger partial charge is 0.339 e. The molecule has 0 aliphatic heterocycles. The molecule has 0 unspecified atom stereocenters. The van der Waals surface area contributed by atoms with Crippen molar-refractivity contribution >= 4 is 17.6 Å². The molecule has 7 heteroatoms. The minimum atomic E-state index is -0.813. The minimum absolute atomic E-state index is 0.0851. The second-order valence-corrected chi connectivity index (χ2v) is 3.37. The van der Waals surface area contributed by atoms with Crippen molar-refractivity contribution in [3.63, 3.8) is 0 Å². The molecule has 2 aromatic rings. The Morgan fingerprint density at radius 3 is 2.56 bits per heavy atom. The van der Waals surface area contributed by atoms with Gasteiger partial charge in [-0.25, -0.2) is 9.18 Å². The third-order valence-electron chi connectivity index (χ3n) is 2.07. The van der Waals surface area contributed by atoms with E-state index in [4.69, 9.17) is 5.73 Å². The number of nitrogens with one attached hydrogen (secondary N) is 1. The number of hydrogen-bond donors (Lipinski definition) is 2. The summed E-state index contributed by atoms with van der Waals surface area (Å²) >= 11 is 0. The third kappa shape index (κ3) is 2.51. The van der Waals surface area contributed by atoms with E-state index in [9.17, 15) is 14.0 Å². The molecule has 0 saturated heterocycles. The van der Waals surface area contributed by atoms with Crippen LogP contribution in [0.25, 0.3) is 0 Å². The Morgan fingerprint density at radius 2 is 2.00 bits per heavy atom. The zero-order valence-electron chi connectivity index (χ0n) is 9.05. The normalized spacial score (nSPS) is 10.1. The number of nitrogens with two attached hydrogens (primary N) is 1. The van der Waals surface area contributed by atoms with Gasteiger partial charge in [0, 0.05) is 18.0 Å². The molecule has 1 aromatic carbocycles. The van der Waals surface area contributed by atoms with Crippen LogP contribution < -0.4 is 11.1 Å². The molecule has 2 rings (SSSR count). The van der Waals surface area contributed by atoms with Gasteiger partial charge < -0.3 is 11.1 Å². The highest BCUT2D eigenvalue weighted by molar-refractivity contribution is 6.02. The van der Waals surface area contributed by atoms with Crippen LogP contribution in [0.4, 0.5) is 14.9 Å². The van der Waals surface area contributed by atoms with Crippen molar-refractivity contribution in [3.8, 4) is 0 Å². The lowest BCUT2D eigenvalue weighted by Crippen LogP contribution is -2.21. The third-order valence-corrected chi connectivity index (χ3v) is 2.07. The molecule has 1 radical (unpaired) electrons. The van der Waals surface area contributed by atoms with Crippen LogP contribution in [0.3, 0.4) is 0 Å². The van der Waals surface area contributed by atoms with Crippen LogP contribution in [0, 0.1) is 11.9 Å². The van der Waals surface area contributed by atoms with Gasteiger partial charge in [-0.05, 0) is 24.3 Å². The van der Waals surface area contributed by atoms with Gasteiger partial charge in [0.15, 0.2) is 5.69 Å². The van der Waals surface area contributed by atoms with E-state index < -0.39 is 17.8 Å². The SMILES string of the molecule is NC(=O)n1c[c]c(C(=O)Nc2ccc(F)cc2)n1. The average Bonchev–Trinajstić information content (AvgIpc) is 2.81. The summed E-state index contributed by atoms with van der Waals surface area (Å²) in [5, 5.41) is 6.10. The van der Waals surface area contributed by atoms with Gasteiger partial charge in [-0.2, -0.15) is 9.78 Å². The molecule has 6 nitrogen and oxygen atoms in total. The van der Waals surface area contributed by atoms with E-state index >= 15 is 0 Å². The molecule has 0 saturated carbocycles. The maximum absolute atomic E-state index is 12.7. The van der Waals surface area contributed by atoms with Crippen LogP contribution in [0.2, 0.25) is 0 Å². The summed E-state index contributed by atoms with van der Waals surface area (Å²) in [5.41, 5.74) is 5.29. The highest BCUT2D eigenvalue weighted by Gasteiger charge is 2.11. The fourth-order valence-electron chi connectivity index (χ4n) is 1.24. The molecule has 0 atom stereocenters. The van der Waals surface area contributed by atoms with Gasteiger partial charge in [0.05, 0.1) is 0 Å². The van der Waals surface area contributed by atoms with E-state index in [1.54, 1.807) is 0 Å². The summed E-state index contributed by atoms with van der Waals surface area (Å²) in [7, 11) is 0. The lowest BCUT2D eigenvalue weighted by atomic mass is 10.3. The van der Waals surface area contributed by atoms with Crippen molar-refractivity contribution < 1.29 is 14.0 Å². The first-order valence-electron chi connectivity index (χ1n) is 4.90. The van der Waals surface area contributed by atoms with Gasteiger partial charge in [0.25, 0.3) is 5.91 Å². The van der Waals surface area contributed by atoms with Crippen LogP contribution in [-0.2, 0) is 0 Å². The van der Waals surface area contributed by atoms with Gasteiger partial charge in [-0.3, -0.25) is 4.79 Å². The van der Waals surface area contributed by atoms with Crippen molar-refractivity contribution in [2.45, 2.75) is 0 Å². The van der Waals surface area contributed by atoms with Crippen LogP contribution in [-0.4, -0.2) is 21.7 Å². The molecule has 0 spiro atoms. The first-order chi connectivity index (χ1) is 8.56. The van der Waals surface area contributed by atoms with Gasteiger partial charge in [0.2, 0.25) is 0 Å². The average molecular weight is 247 g/mol. The van der Waals surface area contributed by atoms with Crippen LogP contribution in [0.15, 0.2) is 30.5 Å². The fraction of sp³-hybridized carbons (Fsp3) is 0. The van der Waals surface area contributed by atoms with Crippen molar-refractivity contribution in [1.29, 1.82) is 0 Å². The largest absolute Gasteiger partial charge is 0.350 e. The number of primary amides is 1. The van der Waals surface area contributed by atoms with Crippen molar-refractivity contribution in [3.05, 3.63) is 48.0 Å². The van der Waals surface area contributed by atoms with E-state index in [2.05, 4.69) is 16.5 Å². The summed E-state index contributed by atoms with van der Waals surface area (Å²) in [5.74, 6) is -0.973. The second-order valence-electron chi connectivity index (χ2n) is 3.37. The van der Waals surface area contributed by atoms with Gasteiger partial charge in [0.1, 0.15) is 5.82 Å². The van der Waals surface area contributed by atoms with Gasteiger partial charge >= 0.3 is 6.03 Å². The van der Waals surface area contributed by atoms with E-state index in [0.29, 0.717) is 5.69 Å². The van der Waals surface area contributed by atoms with Crippen molar-refractivity contribution in [1.82, 2.24) is 9.78 Å². The Morgan fingerprint density at radius 1 is 1.33 bits per heavy atom. The van der Waals surface area contributed by atoms with E-state index in [-0.39, 0.29) is 5.69 Å². The topological polar surface area (TPSA) is 90.0 Å². The molecular weight excluding hydrogens is 239 g/mol. The molecular formula is C11H8FN4O2. The highest BCUT2D eigenvalue weighted by Crippen LogP contribution is 2.09. The minimum Gasteiger partial charge on any atom is -0.350 e. The summed E-state index contributed by atoms with van der Waals surface area (Å²) in [6.07, 6.45) is 1.15. The summed E-state index contributed by atoms with van der Waals surface area (Å²) in [6, 6.07) is 6.89. The van der Waals surface area contributed by atoms with Gasteiger partial charge in [-0.15, -0.1) is 0 Å². The maximum Gasteiger partial charge on any atom is 0.339 e. The Kier molecular flexibility index (Phi) is 3.05. The van der Waals surface area contributed by atoms with Crippen LogP contribution in [0.1, 0.15) is 10.5 Å². The van der Waals surface area contributed by atoms with Crippen molar-refractivity contribution in [2.24, 2.45) is 5.73 Å². The number of halogens is 1. The van der Waals surface area contributed by atoms with E-state index in [0.717, 1.165) is 10.9 Å².